The summed E-state index contributed by atoms with van der Waals surface area (Å²) in [7, 11) is 0. The van der Waals surface area contributed by atoms with Crippen LogP contribution in [0.3, 0.4) is 0 Å². The zero-order chi connectivity index (χ0) is 20.5. The first-order valence-electron chi connectivity index (χ1n) is 9.05. The molecule has 0 heterocycles. The predicted molar refractivity (Wildman–Crippen MR) is 118 cm³/mol. The summed E-state index contributed by atoms with van der Waals surface area (Å²) >= 11 is 13.8. The normalized spacial score (nSPS) is 11.7. The number of carbonyl (C=O) groups is 2. The van der Waals surface area contributed by atoms with Gasteiger partial charge in [0, 0.05) is 28.9 Å². The van der Waals surface area contributed by atoms with Crippen LogP contribution in [0.5, 0.6) is 0 Å². The molecule has 0 spiro atoms. The third-order valence-electron chi connectivity index (χ3n) is 4.21. The first-order chi connectivity index (χ1) is 13.4. The summed E-state index contributed by atoms with van der Waals surface area (Å²) in [6.07, 6.45) is 0. The zero-order valence-electron chi connectivity index (χ0n) is 16.0. The molecule has 0 radical (unpaired) electrons. The van der Waals surface area contributed by atoms with Gasteiger partial charge in [-0.3, -0.25) is 9.59 Å². The summed E-state index contributed by atoms with van der Waals surface area (Å²) < 4.78 is 0. The van der Waals surface area contributed by atoms with Crippen LogP contribution < -0.4 is 5.32 Å². The van der Waals surface area contributed by atoms with Gasteiger partial charge in [0.15, 0.2) is 0 Å². The molecule has 2 amide bonds. The van der Waals surface area contributed by atoms with Crippen LogP contribution in [0, 0.1) is 0 Å². The van der Waals surface area contributed by atoms with Crippen LogP contribution in [0.1, 0.15) is 25.0 Å². The molecule has 1 N–H and O–H groups in total. The maximum absolute atomic E-state index is 12.9. The lowest BCUT2D eigenvalue weighted by Gasteiger charge is -2.29. The van der Waals surface area contributed by atoms with Crippen molar-refractivity contribution in [2.24, 2.45) is 0 Å². The van der Waals surface area contributed by atoms with E-state index >= 15 is 0 Å². The number of carbonyl (C=O) groups excluding carboxylic acids is 2. The van der Waals surface area contributed by atoms with Crippen LogP contribution in [0.15, 0.2) is 48.5 Å². The van der Waals surface area contributed by atoms with Crippen molar-refractivity contribution < 1.29 is 9.59 Å². The van der Waals surface area contributed by atoms with Gasteiger partial charge in [-0.2, -0.15) is 0 Å². The molecular weight excluding hydrogens is 415 g/mol. The molecule has 1 atom stereocenters. The fourth-order valence-electron chi connectivity index (χ4n) is 2.65. The molecule has 0 fully saturated rings. The summed E-state index contributed by atoms with van der Waals surface area (Å²) in [6, 6.07) is 14.5. The van der Waals surface area contributed by atoms with E-state index in [9.17, 15) is 9.59 Å². The highest BCUT2D eigenvalue weighted by atomic mass is 35.5. The third-order valence-corrected chi connectivity index (χ3v) is 5.79. The van der Waals surface area contributed by atoms with Crippen molar-refractivity contribution in [2.75, 3.05) is 12.3 Å². The van der Waals surface area contributed by atoms with Crippen molar-refractivity contribution >= 4 is 46.8 Å². The van der Waals surface area contributed by atoms with E-state index in [1.807, 2.05) is 37.3 Å². The number of hydrogen-bond acceptors (Lipinski definition) is 3. The van der Waals surface area contributed by atoms with Gasteiger partial charge >= 0.3 is 0 Å². The molecule has 2 rings (SSSR count). The number of rotatable bonds is 9. The smallest absolute Gasteiger partial charge is 0.242 e. The second-order valence-electron chi connectivity index (χ2n) is 6.31. The van der Waals surface area contributed by atoms with Crippen molar-refractivity contribution in [3.05, 3.63) is 69.7 Å². The molecule has 0 aliphatic carbocycles. The molecule has 0 aromatic heterocycles. The van der Waals surface area contributed by atoms with Crippen LogP contribution in [0.4, 0.5) is 0 Å². The quantitative estimate of drug-likeness (QED) is 0.612. The summed E-state index contributed by atoms with van der Waals surface area (Å²) in [4.78, 5) is 26.8. The molecule has 0 aliphatic rings. The maximum Gasteiger partial charge on any atom is 0.242 e. The Morgan fingerprint density at radius 3 is 2.50 bits per heavy atom. The highest BCUT2D eigenvalue weighted by Gasteiger charge is 2.26. The van der Waals surface area contributed by atoms with Gasteiger partial charge in [0.1, 0.15) is 6.04 Å². The summed E-state index contributed by atoms with van der Waals surface area (Å²) in [5.41, 5.74) is 1.91. The average molecular weight is 439 g/mol. The standard InChI is InChI=1S/C21H24Cl2N2O2S/c1-3-24-21(27)15(2)25(12-17-9-10-18(22)11-19(17)23)20(26)14-28-13-16-7-5-4-6-8-16/h4-11,15H,3,12-14H2,1-2H3,(H,24,27)/t15-/m0/s1. The van der Waals surface area contributed by atoms with E-state index < -0.39 is 6.04 Å². The Labute approximate surface area is 180 Å². The molecule has 0 unspecified atom stereocenters. The van der Waals surface area contributed by atoms with Gasteiger partial charge in [-0.1, -0.05) is 59.6 Å². The van der Waals surface area contributed by atoms with E-state index in [4.69, 9.17) is 23.2 Å². The van der Waals surface area contributed by atoms with Gasteiger partial charge < -0.3 is 10.2 Å². The second kappa shape index (κ2) is 11.3. The first kappa shape index (κ1) is 22.6. The lowest BCUT2D eigenvalue weighted by Crippen LogP contribution is -2.48. The van der Waals surface area contributed by atoms with Gasteiger partial charge in [-0.25, -0.2) is 0 Å². The minimum Gasteiger partial charge on any atom is -0.355 e. The van der Waals surface area contributed by atoms with Crippen molar-refractivity contribution in [2.45, 2.75) is 32.2 Å². The molecule has 0 aliphatic heterocycles. The van der Waals surface area contributed by atoms with E-state index in [0.717, 1.165) is 16.9 Å². The summed E-state index contributed by atoms with van der Waals surface area (Å²) in [5.74, 6) is 0.723. The first-order valence-corrected chi connectivity index (χ1v) is 11.0. The number of benzene rings is 2. The molecule has 7 heteroatoms. The van der Waals surface area contributed by atoms with Crippen molar-refractivity contribution in [3.8, 4) is 0 Å². The Balaban J connectivity index is 2.09. The minimum absolute atomic E-state index is 0.106. The number of nitrogens with one attached hydrogen (secondary N) is 1. The molecule has 28 heavy (non-hydrogen) atoms. The van der Waals surface area contributed by atoms with Crippen molar-refractivity contribution in [3.63, 3.8) is 0 Å². The maximum atomic E-state index is 12.9. The summed E-state index contributed by atoms with van der Waals surface area (Å²) in [6.45, 7) is 4.34. The van der Waals surface area contributed by atoms with Crippen molar-refractivity contribution in [1.82, 2.24) is 10.2 Å². The number of amides is 2. The van der Waals surface area contributed by atoms with E-state index in [1.165, 1.54) is 11.8 Å². The Morgan fingerprint density at radius 2 is 1.86 bits per heavy atom. The molecule has 0 bridgehead atoms. The van der Waals surface area contributed by atoms with Gasteiger partial charge in [0.2, 0.25) is 11.8 Å². The van der Waals surface area contributed by atoms with Crippen LogP contribution >= 0.6 is 35.0 Å². The van der Waals surface area contributed by atoms with E-state index in [2.05, 4.69) is 5.32 Å². The number of halogens is 2. The molecule has 0 saturated heterocycles. The SMILES string of the molecule is CCNC(=O)[C@H](C)N(Cc1ccc(Cl)cc1Cl)C(=O)CSCc1ccccc1. The monoisotopic (exact) mass is 438 g/mol. The summed E-state index contributed by atoms with van der Waals surface area (Å²) in [5, 5.41) is 3.78. The number of thioether (sulfide) groups is 1. The highest BCUT2D eigenvalue weighted by Crippen LogP contribution is 2.24. The molecule has 2 aromatic rings. The molecule has 150 valence electrons. The van der Waals surface area contributed by atoms with Crippen LogP contribution in [-0.4, -0.2) is 35.1 Å². The predicted octanol–water partition coefficient (Wildman–Crippen LogP) is 4.78. The van der Waals surface area contributed by atoms with Crippen molar-refractivity contribution in [1.29, 1.82) is 0 Å². The zero-order valence-corrected chi connectivity index (χ0v) is 18.3. The molecule has 4 nitrogen and oxygen atoms in total. The largest absolute Gasteiger partial charge is 0.355 e. The number of hydrogen-bond donors (Lipinski definition) is 1. The van der Waals surface area contributed by atoms with Crippen LogP contribution in [-0.2, 0) is 21.9 Å². The Kier molecular flexibility index (Phi) is 9.16. The lowest BCUT2D eigenvalue weighted by atomic mass is 10.1. The molecular formula is C21H24Cl2N2O2S. The third kappa shape index (κ3) is 6.73. The topological polar surface area (TPSA) is 49.4 Å². The second-order valence-corrected chi connectivity index (χ2v) is 8.14. The molecule has 0 saturated carbocycles. The van der Waals surface area contributed by atoms with Gasteiger partial charge in [-0.05, 0) is 37.1 Å². The fraction of sp³-hybridized carbons (Fsp3) is 0.333. The van der Waals surface area contributed by atoms with Gasteiger partial charge in [0.05, 0.1) is 5.75 Å². The highest BCUT2D eigenvalue weighted by molar-refractivity contribution is 7.99. The Hall–Kier alpha value is -1.69. The van der Waals surface area contributed by atoms with Crippen LogP contribution in [0.25, 0.3) is 0 Å². The van der Waals surface area contributed by atoms with Gasteiger partial charge in [0.25, 0.3) is 0 Å². The van der Waals surface area contributed by atoms with Gasteiger partial charge in [-0.15, -0.1) is 11.8 Å². The number of nitrogens with zero attached hydrogens (tertiary/aromatic N) is 1. The van der Waals surface area contributed by atoms with E-state index in [-0.39, 0.29) is 24.1 Å². The molecule has 2 aromatic carbocycles. The van der Waals surface area contributed by atoms with E-state index in [0.29, 0.717) is 16.6 Å². The average Bonchev–Trinajstić information content (AvgIpc) is 2.68. The minimum atomic E-state index is -0.600. The van der Waals surface area contributed by atoms with Crippen LogP contribution in [0.2, 0.25) is 10.0 Å². The number of likely N-dealkylation sites (N-methyl/N-ethyl adjacent to an activating group) is 1. The Bertz CT molecular complexity index is 802. The Morgan fingerprint density at radius 1 is 1.14 bits per heavy atom. The van der Waals surface area contributed by atoms with E-state index in [1.54, 1.807) is 30.0 Å². The lowest BCUT2D eigenvalue weighted by molar-refractivity contribution is -0.138. The fourth-order valence-corrected chi connectivity index (χ4v) is 3.99.